The van der Waals surface area contributed by atoms with E-state index in [9.17, 15) is 9.90 Å². The third kappa shape index (κ3) is 3.80. The van der Waals surface area contributed by atoms with Crippen molar-refractivity contribution in [3.05, 3.63) is 75.3 Å². The van der Waals surface area contributed by atoms with E-state index in [1.54, 1.807) is 18.5 Å². The summed E-state index contributed by atoms with van der Waals surface area (Å²) in [5, 5.41) is 11.2. The smallest absolute Gasteiger partial charge is 0.189 e. The summed E-state index contributed by atoms with van der Waals surface area (Å²) >= 11 is 0. The van der Waals surface area contributed by atoms with Gasteiger partial charge in [0.1, 0.15) is 0 Å². The van der Waals surface area contributed by atoms with Gasteiger partial charge in [-0.25, -0.2) is 0 Å². The number of likely N-dealkylation sites (tertiary alicyclic amines) is 1. The van der Waals surface area contributed by atoms with Crippen molar-refractivity contribution >= 4 is 10.9 Å². The van der Waals surface area contributed by atoms with Crippen LogP contribution < -0.4 is 5.43 Å². The van der Waals surface area contributed by atoms with Crippen LogP contribution in [0.2, 0.25) is 0 Å². The molecule has 2 aromatic heterocycles. The predicted molar refractivity (Wildman–Crippen MR) is 107 cm³/mol. The van der Waals surface area contributed by atoms with Crippen molar-refractivity contribution in [2.75, 3.05) is 13.1 Å². The summed E-state index contributed by atoms with van der Waals surface area (Å²) in [6.45, 7) is 6.12. The number of hydrogen-bond acceptors (Lipinski definition) is 4. The third-order valence-corrected chi connectivity index (χ3v) is 5.46. The van der Waals surface area contributed by atoms with Crippen LogP contribution in [-0.4, -0.2) is 39.2 Å². The molecule has 0 bridgehead atoms. The van der Waals surface area contributed by atoms with Gasteiger partial charge >= 0.3 is 0 Å². The molecule has 0 saturated carbocycles. The third-order valence-electron chi connectivity index (χ3n) is 5.46. The number of benzene rings is 1. The van der Waals surface area contributed by atoms with Crippen LogP contribution in [0.4, 0.5) is 0 Å². The monoisotopic (exact) mass is 363 g/mol. The second-order valence-electron chi connectivity index (χ2n) is 7.74. The molecule has 27 heavy (non-hydrogen) atoms. The van der Waals surface area contributed by atoms with Crippen molar-refractivity contribution in [2.45, 2.75) is 32.9 Å². The van der Waals surface area contributed by atoms with E-state index in [-0.39, 0.29) is 17.5 Å². The lowest BCUT2D eigenvalue weighted by Gasteiger charge is -2.16. The molecule has 0 spiro atoms. The number of aromatic amines is 1. The Labute approximate surface area is 158 Å². The normalized spacial score (nSPS) is 20.4. The lowest BCUT2D eigenvalue weighted by Crippen LogP contribution is -2.23. The average molecular weight is 363 g/mol. The number of fused-ring (bicyclic) bond motifs is 1. The molecule has 1 aromatic carbocycles. The Morgan fingerprint density at radius 2 is 1.96 bits per heavy atom. The van der Waals surface area contributed by atoms with Gasteiger partial charge in [-0.2, -0.15) is 0 Å². The van der Waals surface area contributed by atoms with Gasteiger partial charge in [-0.3, -0.25) is 14.7 Å². The number of β-amino-alcohol motifs (C(OH)–C–C–N with tert-alkyl or cyclic N) is 1. The first-order valence-electron chi connectivity index (χ1n) is 9.42. The van der Waals surface area contributed by atoms with E-state index in [1.807, 2.05) is 32.0 Å². The lowest BCUT2D eigenvalue weighted by molar-refractivity contribution is 0.141. The highest BCUT2D eigenvalue weighted by atomic mass is 16.3. The first-order valence-corrected chi connectivity index (χ1v) is 9.42. The largest absolute Gasteiger partial charge is 0.391 e. The molecule has 4 rings (SSSR count). The maximum absolute atomic E-state index is 12.6. The Morgan fingerprint density at radius 3 is 2.74 bits per heavy atom. The molecule has 3 heterocycles. The summed E-state index contributed by atoms with van der Waals surface area (Å²) in [7, 11) is 0. The molecule has 3 aromatic rings. The van der Waals surface area contributed by atoms with Gasteiger partial charge in [0.25, 0.3) is 0 Å². The van der Waals surface area contributed by atoms with Crippen molar-refractivity contribution < 1.29 is 5.11 Å². The quantitative estimate of drug-likeness (QED) is 0.748. The van der Waals surface area contributed by atoms with E-state index in [2.05, 4.69) is 20.9 Å². The van der Waals surface area contributed by atoms with Gasteiger partial charge in [0.15, 0.2) is 5.43 Å². The summed E-state index contributed by atoms with van der Waals surface area (Å²) in [6, 6.07) is 9.73. The molecule has 0 unspecified atom stereocenters. The Bertz CT molecular complexity index is 1010. The predicted octanol–water partition coefficient (Wildman–Crippen LogP) is 2.58. The first-order chi connectivity index (χ1) is 13.0. The van der Waals surface area contributed by atoms with Gasteiger partial charge in [-0.15, -0.1) is 0 Å². The number of pyridine rings is 2. The molecular weight excluding hydrogens is 338 g/mol. The molecule has 0 amide bonds. The van der Waals surface area contributed by atoms with Gasteiger partial charge < -0.3 is 10.1 Å². The zero-order chi connectivity index (χ0) is 19.0. The van der Waals surface area contributed by atoms with Crippen molar-refractivity contribution in [2.24, 2.45) is 5.92 Å². The van der Waals surface area contributed by atoms with Gasteiger partial charge in [0.2, 0.25) is 0 Å². The summed E-state index contributed by atoms with van der Waals surface area (Å²) in [5.74, 6) is 0.198. The number of nitrogens with zero attached hydrogens (tertiary/aromatic N) is 2. The molecule has 1 aliphatic heterocycles. The molecule has 0 radical (unpaired) electrons. The van der Waals surface area contributed by atoms with E-state index < -0.39 is 0 Å². The standard InChI is InChI=1S/C22H25N3O2/c1-14-7-15(2)22-19(8-14)20(26)10-18(24-22)12-25-11-17(21(27)13-25)9-16-3-5-23-6-4-16/h3-8,10,17,21,27H,9,11-13H2,1-2H3,(H,24,26)/t17-,21+/m1/s1. The Hall–Kier alpha value is -2.50. The number of aliphatic hydroxyl groups excluding tert-OH is 1. The summed E-state index contributed by atoms with van der Waals surface area (Å²) < 4.78 is 0. The van der Waals surface area contributed by atoms with Crippen LogP contribution in [0.3, 0.4) is 0 Å². The Kier molecular flexibility index (Phi) is 4.81. The molecule has 2 N–H and O–H groups in total. The number of H-pyrrole nitrogens is 1. The molecular formula is C22H25N3O2. The minimum Gasteiger partial charge on any atom is -0.391 e. The minimum absolute atomic E-state index is 0.0543. The van der Waals surface area contributed by atoms with Crippen LogP contribution in [0.15, 0.2) is 47.5 Å². The van der Waals surface area contributed by atoms with E-state index in [0.29, 0.717) is 13.1 Å². The van der Waals surface area contributed by atoms with Gasteiger partial charge in [-0.1, -0.05) is 6.07 Å². The second-order valence-corrected chi connectivity index (χ2v) is 7.74. The number of rotatable bonds is 4. The second kappa shape index (κ2) is 7.25. The highest BCUT2D eigenvalue weighted by Crippen LogP contribution is 2.23. The molecule has 1 fully saturated rings. The lowest BCUT2D eigenvalue weighted by atomic mass is 9.97. The van der Waals surface area contributed by atoms with Crippen molar-refractivity contribution in [3.8, 4) is 0 Å². The minimum atomic E-state index is -0.352. The summed E-state index contributed by atoms with van der Waals surface area (Å²) in [4.78, 5) is 22.3. The number of nitrogens with one attached hydrogen (secondary N) is 1. The highest BCUT2D eigenvalue weighted by Gasteiger charge is 2.31. The molecule has 5 nitrogen and oxygen atoms in total. The summed E-state index contributed by atoms with van der Waals surface area (Å²) in [5.41, 5.74) is 5.24. The van der Waals surface area contributed by atoms with E-state index in [1.165, 1.54) is 5.56 Å². The first kappa shape index (κ1) is 17.9. The van der Waals surface area contributed by atoms with Gasteiger partial charge in [0, 0.05) is 55.1 Å². The van der Waals surface area contributed by atoms with E-state index >= 15 is 0 Å². The molecule has 0 aliphatic carbocycles. The van der Waals surface area contributed by atoms with Crippen LogP contribution in [-0.2, 0) is 13.0 Å². The molecule has 5 heteroatoms. The Balaban J connectivity index is 1.52. The SMILES string of the molecule is Cc1cc(C)c2[nH]c(CN3C[C@@H](Cc4ccncc4)[C@@H](O)C3)cc(=O)c2c1. The van der Waals surface area contributed by atoms with Crippen LogP contribution >= 0.6 is 0 Å². The fourth-order valence-electron chi connectivity index (χ4n) is 4.18. The number of aryl methyl sites for hydroxylation is 2. The van der Waals surface area contributed by atoms with Crippen LogP contribution in [0, 0.1) is 19.8 Å². The van der Waals surface area contributed by atoms with Crippen molar-refractivity contribution in [1.29, 1.82) is 0 Å². The fraction of sp³-hybridized carbons (Fsp3) is 0.364. The van der Waals surface area contributed by atoms with Crippen LogP contribution in [0.25, 0.3) is 10.9 Å². The number of aliphatic hydroxyl groups is 1. The zero-order valence-corrected chi connectivity index (χ0v) is 15.8. The zero-order valence-electron chi connectivity index (χ0n) is 15.8. The average Bonchev–Trinajstić information content (AvgIpc) is 2.96. The van der Waals surface area contributed by atoms with Crippen molar-refractivity contribution in [3.63, 3.8) is 0 Å². The van der Waals surface area contributed by atoms with E-state index in [4.69, 9.17) is 0 Å². The van der Waals surface area contributed by atoms with Crippen molar-refractivity contribution in [1.82, 2.24) is 14.9 Å². The Morgan fingerprint density at radius 1 is 1.19 bits per heavy atom. The maximum Gasteiger partial charge on any atom is 0.189 e. The van der Waals surface area contributed by atoms with Gasteiger partial charge in [-0.05, 0) is 55.2 Å². The molecule has 2 atom stereocenters. The maximum atomic E-state index is 12.6. The highest BCUT2D eigenvalue weighted by molar-refractivity contribution is 5.82. The van der Waals surface area contributed by atoms with E-state index in [0.717, 1.165) is 40.7 Å². The summed E-state index contributed by atoms with van der Waals surface area (Å²) in [6.07, 6.45) is 4.07. The fourth-order valence-corrected chi connectivity index (χ4v) is 4.18. The van der Waals surface area contributed by atoms with Crippen LogP contribution in [0.5, 0.6) is 0 Å². The van der Waals surface area contributed by atoms with Gasteiger partial charge in [0.05, 0.1) is 11.6 Å². The topological polar surface area (TPSA) is 69.2 Å². The van der Waals surface area contributed by atoms with Crippen LogP contribution in [0.1, 0.15) is 22.4 Å². The number of hydrogen-bond donors (Lipinski definition) is 2. The molecule has 140 valence electrons. The molecule has 1 saturated heterocycles. The molecule has 1 aliphatic rings. The number of aromatic nitrogens is 2.